The molecule has 0 aromatic heterocycles. The van der Waals surface area contributed by atoms with Gasteiger partial charge in [0, 0.05) is 30.9 Å². The normalized spacial score (nSPS) is 13.9. The van der Waals surface area contributed by atoms with Gasteiger partial charge in [-0.3, -0.25) is 0 Å². The van der Waals surface area contributed by atoms with Crippen LogP contribution in [0.2, 0.25) is 0 Å². The molecule has 75 heavy (non-hydrogen) atoms. The number of para-hydroxylation sites is 8. The molecule has 0 fully saturated rings. The summed E-state index contributed by atoms with van der Waals surface area (Å²) in [5.74, 6) is 0. The third-order valence-electron chi connectivity index (χ3n) is 16.7. The van der Waals surface area contributed by atoms with Crippen molar-refractivity contribution in [2.45, 2.75) is 19.3 Å². The topological polar surface area (TPSA) is 13.0 Å². The Bertz CT molecular complexity index is 4260. The molecule has 2 heterocycles. The first kappa shape index (κ1) is 43.2. The Hall–Kier alpha value is -9.38. The van der Waals surface area contributed by atoms with Gasteiger partial charge in [0.15, 0.2) is 0 Å². The number of hydrogen-bond donors (Lipinski definition) is 0. The number of hydrogen-bond acceptors (Lipinski definition) is 4. The second-order valence-electron chi connectivity index (χ2n) is 21.0. The van der Waals surface area contributed by atoms with Crippen LogP contribution in [0, 0.1) is 0 Å². The van der Waals surface area contributed by atoms with Gasteiger partial charge in [-0.15, -0.1) is 0 Å². The second kappa shape index (κ2) is 16.3. The lowest BCUT2D eigenvalue weighted by Gasteiger charge is -2.39. The Kier molecular flexibility index (Phi) is 9.40. The van der Waals surface area contributed by atoms with E-state index < -0.39 is 0 Å². The van der Waals surface area contributed by atoms with Crippen molar-refractivity contribution in [3.05, 3.63) is 254 Å². The monoisotopic (exact) mass is 960 g/mol. The maximum Gasteiger partial charge on any atom is 0.0699 e. The van der Waals surface area contributed by atoms with Crippen molar-refractivity contribution in [1.82, 2.24) is 0 Å². The molecule has 356 valence electrons. The van der Waals surface area contributed by atoms with Crippen LogP contribution in [-0.2, 0) is 5.41 Å². The Balaban J connectivity index is 1.07. The van der Waals surface area contributed by atoms with E-state index in [4.69, 9.17) is 0 Å². The first-order valence-electron chi connectivity index (χ1n) is 26.1. The van der Waals surface area contributed by atoms with Crippen LogP contribution in [0.4, 0.5) is 56.9 Å². The van der Waals surface area contributed by atoms with Crippen LogP contribution in [0.1, 0.15) is 25.0 Å². The van der Waals surface area contributed by atoms with Crippen molar-refractivity contribution in [2.75, 3.05) is 33.7 Å². The molecule has 1 aliphatic carbocycles. The van der Waals surface area contributed by atoms with Crippen molar-refractivity contribution >= 4 is 89.2 Å². The highest BCUT2D eigenvalue weighted by atomic mass is 15.3. The van der Waals surface area contributed by atoms with Gasteiger partial charge in [-0.25, -0.2) is 0 Å². The van der Waals surface area contributed by atoms with Crippen LogP contribution >= 0.6 is 0 Å². The van der Waals surface area contributed by atoms with E-state index in [1.54, 1.807) is 0 Å². The fraction of sp³-hybridized carbons (Fsp3) is 0.0704. The van der Waals surface area contributed by atoms with Crippen LogP contribution in [0.15, 0.2) is 243 Å². The minimum absolute atomic E-state index is 0.180. The highest BCUT2D eigenvalue weighted by molar-refractivity contribution is 6.24. The second-order valence-corrected chi connectivity index (χ2v) is 21.0. The summed E-state index contributed by atoms with van der Waals surface area (Å²) in [5.41, 5.74) is 23.9. The highest BCUT2D eigenvalue weighted by Crippen LogP contribution is 2.57. The molecular weight excluding hydrogens is 909 g/mol. The molecule has 0 atom stereocenters. The van der Waals surface area contributed by atoms with E-state index in [2.05, 4.69) is 290 Å². The van der Waals surface area contributed by atoms with E-state index in [0.29, 0.717) is 0 Å². The predicted octanol–water partition coefficient (Wildman–Crippen LogP) is 19.6. The average molecular weight is 961 g/mol. The standard InChI is InChI=1S/C71H52N4/c1-71(2)59-24-10-9-22-52(59)53-38-35-48(42-60(53)71)69-55-39-36-50(75-67-31-17-13-27-63(67)73(4)64-28-14-18-32-68(64)75)44-58(55)70(54-23-8-7-21-51(54)47-34-33-45-19-5-6-20-46(45)41-47)56-40-37-49(43-57(56)69)74-65-29-15-11-25-61(65)72(3)62-26-12-16-30-66(62)74/h5-44H,1-4H3. The van der Waals surface area contributed by atoms with Gasteiger partial charge in [-0.1, -0.05) is 172 Å². The number of nitrogens with zero attached hydrogens (tertiary/aromatic N) is 4. The maximum atomic E-state index is 2.51. The number of fused-ring (bicyclic) bond motifs is 10. The van der Waals surface area contributed by atoms with Gasteiger partial charge in [0.2, 0.25) is 0 Å². The van der Waals surface area contributed by atoms with Crippen molar-refractivity contribution in [3.63, 3.8) is 0 Å². The third kappa shape index (κ3) is 6.36. The number of rotatable bonds is 5. The van der Waals surface area contributed by atoms with Crippen molar-refractivity contribution < 1.29 is 0 Å². The molecule has 2 aliphatic heterocycles. The quantitative estimate of drug-likeness (QED) is 0.159. The van der Waals surface area contributed by atoms with Gasteiger partial charge in [-0.05, 0) is 173 Å². The van der Waals surface area contributed by atoms with E-state index in [9.17, 15) is 0 Å². The van der Waals surface area contributed by atoms with Gasteiger partial charge in [0.05, 0.1) is 45.5 Å². The molecule has 15 rings (SSSR count). The summed E-state index contributed by atoms with van der Waals surface area (Å²) in [6, 6.07) is 90.7. The highest BCUT2D eigenvalue weighted by Gasteiger charge is 2.36. The van der Waals surface area contributed by atoms with E-state index >= 15 is 0 Å². The minimum Gasteiger partial charge on any atom is -0.341 e. The molecule has 12 aromatic rings. The molecule has 0 saturated heterocycles. The lowest BCUT2D eigenvalue weighted by atomic mass is 9.80. The molecule has 0 spiro atoms. The third-order valence-corrected chi connectivity index (χ3v) is 16.7. The summed E-state index contributed by atoms with van der Waals surface area (Å²) in [5, 5.41) is 7.26. The predicted molar refractivity (Wildman–Crippen MR) is 318 cm³/mol. The molecule has 0 radical (unpaired) electrons. The summed E-state index contributed by atoms with van der Waals surface area (Å²) in [4.78, 5) is 9.57. The Morgan fingerprint density at radius 1 is 0.280 bits per heavy atom. The molecule has 0 unspecified atom stereocenters. The van der Waals surface area contributed by atoms with Crippen LogP contribution in [0.5, 0.6) is 0 Å². The van der Waals surface area contributed by atoms with Crippen LogP contribution < -0.4 is 19.6 Å². The molecule has 0 saturated carbocycles. The molecule has 0 N–H and O–H groups in total. The molecule has 0 bridgehead atoms. The molecule has 4 heteroatoms. The zero-order chi connectivity index (χ0) is 50.1. The fourth-order valence-electron chi connectivity index (χ4n) is 13.1. The van der Waals surface area contributed by atoms with Gasteiger partial charge in [0.1, 0.15) is 0 Å². The molecule has 4 nitrogen and oxygen atoms in total. The largest absolute Gasteiger partial charge is 0.341 e. The minimum atomic E-state index is -0.180. The van der Waals surface area contributed by atoms with Gasteiger partial charge in [0.25, 0.3) is 0 Å². The summed E-state index contributed by atoms with van der Waals surface area (Å²) in [7, 11) is 4.36. The van der Waals surface area contributed by atoms with Crippen LogP contribution in [0.3, 0.4) is 0 Å². The average Bonchev–Trinajstić information content (AvgIpc) is 3.69. The first-order valence-corrected chi connectivity index (χ1v) is 26.1. The van der Waals surface area contributed by atoms with Crippen molar-refractivity contribution in [2.24, 2.45) is 0 Å². The van der Waals surface area contributed by atoms with Gasteiger partial charge in [-0.2, -0.15) is 0 Å². The summed E-state index contributed by atoms with van der Waals surface area (Å²) >= 11 is 0. The molecule has 3 aliphatic rings. The van der Waals surface area contributed by atoms with Crippen LogP contribution in [0.25, 0.3) is 76.8 Å². The Labute approximate surface area is 438 Å². The van der Waals surface area contributed by atoms with Gasteiger partial charge >= 0.3 is 0 Å². The van der Waals surface area contributed by atoms with E-state index in [0.717, 1.165) is 34.1 Å². The van der Waals surface area contributed by atoms with E-state index in [1.165, 1.54) is 111 Å². The zero-order valence-electron chi connectivity index (χ0n) is 42.4. The molecular formula is C71H52N4. The lowest BCUT2D eigenvalue weighted by molar-refractivity contribution is 0.660. The maximum absolute atomic E-state index is 2.51. The fourth-order valence-corrected chi connectivity index (χ4v) is 13.1. The number of benzene rings is 12. The van der Waals surface area contributed by atoms with Gasteiger partial charge < -0.3 is 19.6 Å². The molecule has 0 amide bonds. The Morgan fingerprint density at radius 3 is 1.28 bits per heavy atom. The zero-order valence-corrected chi connectivity index (χ0v) is 42.4. The first-order chi connectivity index (χ1) is 36.8. The smallest absolute Gasteiger partial charge is 0.0699 e. The summed E-state index contributed by atoms with van der Waals surface area (Å²) < 4.78 is 0. The van der Waals surface area contributed by atoms with E-state index in [-0.39, 0.29) is 5.41 Å². The van der Waals surface area contributed by atoms with Crippen LogP contribution in [-0.4, -0.2) is 14.1 Å². The SMILES string of the molecule is CN1c2ccccc2N(c2ccc3c(-c4ccccc4-c4ccc5ccccc5c4)c4cc(N5c6ccccc6N(C)c6ccccc65)ccc4c(-c4ccc5c(c4)C(C)(C)c4ccccc4-5)c3c2)c2ccccc21. The lowest BCUT2D eigenvalue weighted by Crippen LogP contribution is -2.24. The van der Waals surface area contributed by atoms with Crippen molar-refractivity contribution in [3.8, 4) is 44.5 Å². The number of anilines is 10. The summed E-state index contributed by atoms with van der Waals surface area (Å²) in [6.45, 7) is 4.78. The molecule has 12 aromatic carbocycles. The Morgan fingerprint density at radius 2 is 0.707 bits per heavy atom. The van der Waals surface area contributed by atoms with Crippen molar-refractivity contribution in [1.29, 1.82) is 0 Å². The summed E-state index contributed by atoms with van der Waals surface area (Å²) in [6.07, 6.45) is 0. The van der Waals surface area contributed by atoms with E-state index in [1.807, 2.05) is 0 Å².